The SMILES string of the molecule is CC1CC(N)=NN=C1c1cncc(Br)c1. The lowest BCUT2D eigenvalue weighted by Gasteiger charge is -2.16. The maximum Gasteiger partial charge on any atom is 0.123 e. The molecule has 1 aromatic heterocycles. The van der Waals surface area contributed by atoms with Crippen LogP contribution in [0.25, 0.3) is 0 Å². The van der Waals surface area contributed by atoms with Gasteiger partial charge in [-0.1, -0.05) is 6.92 Å². The van der Waals surface area contributed by atoms with Crippen LogP contribution in [0.3, 0.4) is 0 Å². The number of pyridine rings is 1. The van der Waals surface area contributed by atoms with E-state index in [1.165, 1.54) is 0 Å². The molecule has 0 amide bonds. The summed E-state index contributed by atoms with van der Waals surface area (Å²) in [4.78, 5) is 4.11. The van der Waals surface area contributed by atoms with E-state index >= 15 is 0 Å². The Bertz CT molecular complexity index is 439. The minimum atomic E-state index is 0.290. The lowest BCUT2D eigenvalue weighted by atomic mass is 9.95. The fourth-order valence-corrected chi connectivity index (χ4v) is 1.93. The number of hydrogen-bond acceptors (Lipinski definition) is 4. The molecule has 1 aromatic rings. The largest absolute Gasteiger partial charge is 0.386 e. The molecule has 1 aliphatic heterocycles. The molecule has 2 heterocycles. The number of amidine groups is 1. The molecule has 0 aliphatic carbocycles. The second-order valence-electron chi connectivity index (χ2n) is 3.57. The van der Waals surface area contributed by atoms with Crippen LogP contribution in [0.5, 0.6) is 0 Å². The highest BCUT2D eigenvalue weighted by Crippen LogP contribution is 2.19. The van der Waals surface area contributed by atoms with Gasteiger partial charge in [0.05, 0.1) is 5.71 Å². The summed E-state index contributed by atoms with van der Waals surface area (Å²) in [6.07, 6.45) is 4.29. The van der Waals surface area contributed by atoms with Gasteiger partial charge in [0.2, 0.25) is 0 Å². The standard InChI is InChI=1S/C10H11BrN4/c1-6-2-9(12)14-15-10(6)7-3-8(11)5-13-4-7/h3-6H,2H2,1H3,(H2,12,14). The van der Waals surface area contributed by atoms with E-state index in [9.17, 15) is 0 Å². The van der Waals surface area contributed by atoms with E-state index in [0.717, 1.165) is 22.2 Å². The average molecular weight is 267 g/mol. The second-order valence-corrected chi connectivity index (χ2v) is 4.49. The Morgan fingerprint density at radius 2 is 2.20 bits per heavy atom. The van der Waals surface area contributed by atoms with Crippen LogP contribution in [0.4, 0.5) is 0 Å². The molecule has 5 heteroatoms. The van der Waals surface area contributed by atoms with E-state index in [0.29, 0.717) is 11.8 Å². The van der Waals surface area contributed by atoms with Crippen molar-refractivity contribution >= 4 is 27.5 Å². The highest BCUT2D eigenvalue weighted by molar-refractivity contribution is 9.10. The average Bonchev–Trinajstić information content (AvgIpc) is 2.17. The Morgan fingerprint density at radius 3 is 2.87 bits per heavy atom. The molecule has 4 nitrogen and oxygen atoms in total. The first kappa shape index (κ1) is 10.3. The molecule has 0 aromatic carbocycles. The maximum atomic E-state index is 5.61. The molecule has 1 atom stereocenters. The summed E-state index contributed by atoms with van der Waals surface area (Å²) in [6.45, 7) is 2.08. The number of nitrogens with zero attached hydrogens (tertiary/aromatic N) is 3. The van der Waals surface area contributed by atoms with Crippen molar-refractivity contribution in [2.45, 2.75) is 13.3 Å². The van der Waals surface area contributed by atoms with E-state index in [1.54, 1.807) is 12.4 Å². The Kier molecular flexibility index (Phi) is 2.81. The summed E-state index contributed by atoms with van der Waals surface area (Å²) < 4.78 is 0.942. The topological polar surface area (TPSA) is 63.6 Å². The van der Waals surface area contributed by atoms with E-state index < -0.39 is 0 Å². The van der Waals surface area contributed by atoms with Crippen molar-refractivity contribution < 1.29 is 0 Å². The van der Waals surface area contributed by atoms with Gasteiger partial charge in [-0.3, -0.25) is 4.98 Å². The van der Waals surface area contributed by atoms with Crippen LogP contribution >= 0.6 is 15.9 Å². The Hall–Kier alpha value is -1.23. The van der Waals surface area contributed by atoms with E-state index in [-0.39, 0.29) is 0 Å². The third-order valence-electron chi connectivity index (χ3n) is 2.27. The predicted octanol–water partition coefficient (Wildman–Crippen LogP) is 1.95. The van der Waals surface area contributed by atoms with Gasteiger partial charge in [0.15, 0.2) is 0 Å². The van der Waals surface area contributed by atoms with Crippen molar-refractivity contribution in [2.24, 2.45) is 21.9 Å². The zero-order chi connectivity index (χ0) is 10.8. The van der Waals surface area contributed by atoms with Gasteiger partial charge in [0.1, 0.15) is 5.84 Å². The molecule has 2 N–H and O–H groups in total. The molecule has 0 bridgehead atoms. The number of halogens is 1. The number of hydrogen-bond donors (Lipinski definition) is 1. The highest BCUT2D eigenvalue weighted by atomic mass is 79.9. The molecule has 0 spiro atoms. The number of nitrogens with two attached hydrogens (primary N) is 1. The molecule has 15 heavy (non-hydrogen) atoms. The summed E-state index contributed by atoms with van der Waals surface area (Å²) in [6, 6.07) is 1.99. The van der Waals surface area contributed by atoms with Crippen molar-refractivity contribution in [3.63, 3.8) is 0 Å². The first-order valence-corrected chi connectivity index (χ1v) is 5.47. The third kappa shape index (κ3) is 2.23. The first-order chi connectivity index (χ1) is 7.16. The molecule has 2 rings (SSSR count). The highest BCUT2D eigenvalue weighted by Gasteiger charge is 2.18. The molecule has 78 valence electrons. The monoisotopic (exact) mass is 266 g/mol. The Balaban J connectivity index is 2.39. The van der Waals surface area contributed by atoms with E-state index in [1.807, 2.05) is 6.07 Å². The summed E-state index contributed by atoms with van der Waals surface area (Å²) >= 11 is 3.38. The normalized spacial score (nSPS) is 20.8. The van der Waals surface area contributed by atoms with Crippen LogP contribution in [0.1, 0.15) is 18.9 Å². The van der Waals surface area contributed by atoms with Gasteiger partial charge >= 0.3 is 0 Å². The molecular weight excluding hydrogens is 256 g/mol. The van der Waals surface area contributed by atoms with Crippen molar-refractivity contribution in [1.29, 1.82) is 0 Å². The Morgan fingerprint density at radius 1 is 1.40 bits per heavy atom. The maximum absolute atomic E-state index is 5.61. The number of rotatable bonds is 1. The van der Waals surface area contributed by atoms with Crippen LogP contribution < -0.4 is 5.73 Å². The zero-order valence-electron chi connectivity index (χ0n) is 8.31. The molecule has 1 unspecified atom stereocenters. The third-order valence-corrected chi connectivity index (χ3v) is 2.70. The zero-order valence-corrected chi connectivity index (χ0v) is 9.90. The van der Waals surface area contributed by atoms with Gasteiger partial charge in [-0.15, -0.1) is 5.10 Å². The summed E-state index contributed by atoms with van der Waals surface area (Å²) in [5.41, 5.74) is 7.55. The molecular formula is C10H11BrN4. The van der Waals surface area contributed by atoms with Crippen LogP contribution in [-0.4, -0.2) is 16.5 Å². The van der Waals surface area contributed by atoms with Crippen LogP contribution in [0.2, 0.25) is 0 Å². The molecule has 0 saturated heterocycles. The first-order valence-electron chi connectivity index (χ1n) is 4.67. The smallest absolute Gasteiger partial charge is 0.123 e. The molecule has 0 radical (unpaired) electrons. The quantitative estimate of drug-likeness (QED) is 0.845. The Labute approximate surface area is 96.4 Å². The van der Waals surface area contributed by atoms with Crippen molar-refractivity contribution in [3.8, 4) is 0 Å². The molecule has 0 saturated carbocycles. The summed E-state index contributed by atoms with van der Waals surface area (Å²) in [5.74, 6) is 0.882. The summed E-state index contributed by atoms with van der Waals surface area (Å²) in [7, 11) is 0. The minimum Gasteiger partial charge on any atom is -0.386 e. The summed E-state index contributed by atoms with van der Waals surface area (Å²) in [5, 5.41) is 8.03. The van der Waals surface area contributed by atoms with Gasteiger partial charge in [0.25, 0.3) is 0 Å². The fourth-order valence-electron chi connectivity index (χ4n) is 1.56. The van der Waals surface area contributed by atoms with Gasteiger partial charge in [0, 0.05) is 34.8 Å². The van der Waals surface area contributed by atoms with Gasteiger partial charge in [-0.2, -0.15) is 5.10 Å². The lowest BCUT2D eigenvalue weighted by Crippen LogP contribution is -2.25. The van der Waals surface area contributed by atoms with Crippen LogP contribution in [-0.2, 0) is 0 Å². The van der Waals surface area contributed by atoms with E-state index in [2.05, 4.69) is 38.0 Å². The van der Waals surface area contributed by atoms with Crippen molar-refractivity contribution in [1.82, 2.24) is 4.98 Å². The van der Waals surface area contributed by atoms with Gasteiger partial charge < -0.3 is 5.73 Å². The van der Waals surface area contributed by atoms with Crippen molar-refractivity contribution in [2.75, 3.05) is 0 Å². The lowest BCUT2D eigenvalue weighted by molar-refractivity contribution is 0.783. The van der Waals surface area contributed by atoms with Gasteiger partial charge in [-0.25, -0.2) is 0 Å². The van der Waals surface area contributed by atoms with E-state index in [4.69, 9.17) is 5.73 Å². The predicted molar refractivity (Wildman–Crippen MR) is 63.9 cm³/mol. The van der Waals surface area contributed by atoms with Crippen molar-refractivity contribution in [3.05, 3.63) is 28.5 Å². The minimum absolute atomic E-state index is 0.290. The second kappa shape index (κ2) is 4.10. The van der Waals surface area contributed by atoms with Crippen LogP contribution in [0, 0.1) is 5.92 Å². The number of aromatic nitrogens is 1. The molecule has 1 aliphatic rings. The van der Waals surface area contributed by atoms with Crippen LogP contribution in [0.15, 0.2) is 33.1 Å². The van der Waals surface area contributed by atoms with Gasteiger partial charge in [-0.05, 0) is 22.0 Å². The fraction of sp³-hybridized carbons (Fsp3) is 0.300. The molecule has 0 fully saturated rings.